The molecule has 0 radical (unpaired) electrons. The van der Waals surface area contributed by atoms with Crippen LogP contribution in [0.25, 0.3) is 0 Å². The van der Waals surface area contributed by atoms with E-state index in [1.165, 1.54) is 5.56 Å². The zero-order chi connectivity index (χ0) is 15.9. The third-order valence-electron chi connectivity index (χ3n) is 4.54. The lowest BCUT2D eigenvalue weighted by Crippen LogP contribution is -2.47. The third-order valence-corrected chi connectivity index (χ3v) is 4.54. The molecule has 2 aliphatic rings. The molecule has 1 unspecified atom stereocenters. The van der Waals surface area contributed by atoms with Crippen molar-refractivity contribution in [2.45, 2.75) is 38.0 Å². The number of likely N-dealkylation sites (tertiary alicyclic amines) is 1. The Balaban J connectivity index is 1.37. The van der Waals surface area contributed by atoms with Crippen molar-refractivity contribution in [1.29, 1.82) is 0 Å². The highest BCUT2D eigenvalue weighted by atomic mass is 16.5. The predicted molar refractivity (Wildman–Crippen MR) is 88.1 cm³/mol. The van der Waals surface area contributed by atoms with Gasteiger partial charge in [-0.1, -0.05) is 30.3 Å². The Hall–Kier alpha value is -1.43. The molecule has 3 rings (SSSR count). The Labute approximate surface area is 137 Å². The minimum absolute atomic E-state index is 0.170. The molecule has 5 nitrogen and oxygen atoms in total. The van der Waals surface area contributed by atoms with Crippen molar-refractivity contribution in [3.8, 4) is 0 Å². The lowest BCUT2D eigenvalue weighted by Gasteiger charge is -2.33. The van der Waals surface area contributed by atoms with Crippen LogP contribution < -0.4 is 5.32 Å². The topological polar surface area (TPSA) is 50.8 Å². The van der Waals surface area contributed by atoms with Gasteiger partial charge >= 0.3 is 0 Å². The largest absolute Gasteiger partial charge is 0.378 e. The van der Waals surface area contributed by atoms with Gasteiger partial charge in [0.25, 0.3) is 0 Å². The quantitative estimate of drug-likeness (QED) is 0.895. The fourth-order valence-electron chi connectivity index (χ4n) is 3.15. The number of morpholine rings is 1. The molecule has 0 bridgehead atoms. The molecule has 2 fully saturated rings. The molecule has 1 aromatic carbocycles. The van der Waals surface area contributed by atoms with Gasteiger partial charge in [0.15, 0.2) is 0 Å². The summed E-state index contributed by atoms with van der Waals surface area (Å²) in [5.41, 5.74) is 1.20. The van der Waals surface area contributed by atoms with E-state index in [1.807, 2.05) is 23.1 Å². The van der Waals surface area contributed by atoms with Crippen molar-refractivity contribution in [3.63, 3.8) is 0 Å². The van der Waals surface area contributed by atoms with Gasteiger partial charge in [0.1, 0.15) is 0 Å². The molecule has 0 spiro atoms. The van der Waals surface area contributed by atoms with Gasteiger partial charge in [-0.05, 0) is 18.4 Å². The second-order valence-corrected chi connectivity index (χ2v) is 6.31. The standard InChI is InChI=1S/C18H26N2O3/c21-18(12-16-14-22-11-8-19-16)20-9-6-17(7-10-20)23-13-15-4-2-1-3-5-15/h1-5,16-17,19H,6-14H2. The van der Waals surface area contributed by atoms with E-state index in [1.54, 1.807) is 0 Å². The smallest absolute Gasteiger partial charge is 0.224 e. The normalized spacial score (nSPS) is 23.0. The minimum Gasteiger partial charge on any atom is -0.378 e. The van der Waals surface area contributed by atoms with Gasteiger partial charge in [-0.3, -0.25) is 4.79 Å². The maximum atomic E-state index is 12.3. The summed E-state index contributed by atoms with van der Waals surface area (Å²) in [4.78, 5) is 14.3. The molecule has 5 heteroatoms. The summed E-state index contributed by atoms with van der Waals surface area (Å²) in [5.74, 6) is 0.231. The van der Waals surface area contributed by atoms with E-state index in [9.17, 15) is 4.79 Å². The molecule has 1 N–H and O–H groups in total. The van der Waals surface area contributed by atoms with E-state index in [4.69, 9.17) is 9.47 Å². The fraction of sp³-hybridized carbons (Fsp3) is 0.611. The number of carbonyl (C=O) groups is 1. The van der Waals surface area contributed by atoms with Crippen LogP contribution in [0.2, 0.25) is 0 Å². The predicted octanol–water partition coefficient (Wildman–Crippen LogP) is 1.57. The second-order valence-electron chi connectivity index (χ2n) is 6.31. The highest BCUT2D eigenvalue weighted by molar-refractivity contribution is 5.77. The summed E-state index contributed by atoms with van der Waals surface area (Å²) in [6.45, 7) is 4.48. The lowest BCUT2D eigenvalue weighted by molar-refractivity contribution is -0.135. The van der Waals surface area contributed by atoms with Crippen LogP contribution >= 0.6 is 0 Å². The molecule has 1 amide bonds. The number of carbonyl (C=O) groups excluding carboxylic acids is 1. The number of benzene rings is 1. The van der Waals surface area contributed by atoms with Crippen molar-refractivity contribution in [1.82, 2.24) is 10.2 Å². The Kier molecular flexibility index (Phi) is 6.02. The van der Waals surface area contributed by atoms with Gasteiger partial charge < -0.3 is 19.7 Å². The first-order valence-corrected chi connectivity index (χ1v) is 8.55. The highest BCUT2D eigenvalue weighted by Crippen LogP contribution is 2.17. The molecular formula is C18H26N2O3. The number of amides is 1. The monoisotopic (exact) mass is 318 g/mol. The van der Waals surface area contributed by atoms with Crippen molar-refractivity contribution in [2.75, 3.05) is 32.8 Å². The first kappa shape index (κ1) is 16.4. The molecule has 0 saturated carbocycles. The number of ether oxygens (including phenoxy) is 2. The van der Waals surface area contributed by atoms with Crippen molar-refractivity contribution in [3.05, 3.63) is 35.9 Å². The average Bonchev–Trinajstić information content (AvgIpc) is 2.62. The van der Waals surface area contributed by atoms with E-state index >= 15 is 0 Å². The van der Waals surface area contributed by atoms with Crippen LogP contribution in [0, 0.1) is 0 Å². The summed E-state index contributed by atoms with van der Waals surface area (Å²) in [5, 5.41) is 3.34. The van der Waals surface area contributed by atoms with Crippen LogP contribution in [-0.2, 0) is 20.9 Å². The zero-order valence-corrected chi connectivity index (χ0v) is 13.6. The second kappa shape index (κ2) is 8.43. The van der Waals surface area contributed by atoms with Crippen molar-refractivity contribution >= 4 is 5.91 Å². The molecule has 1 aromatic rings. The summed E-state index contributed by atoms with van der Waals surface area (Å²) in [6, 6.07) is 10.4. The SMILES string of the molecule is O=C(CC1COCCN1)N1CCC(OCc2ccccc2)CC1. The van der Waals surface area contributed by atoms with E-state index in [2.05, 4.69) is 17.4 Å². The Morgan fingerprint density at radius 3 is 2.74 bits per heavy atom. The number of nitrogens with one attached hydrogen (secondary N) is 1. The Morgan fingerprint density at radius 2 is 2.04 bits per heavy atom. The zero-order valence-electron chi connectivity index (χ0n) is 13.6. The van der Waals surface area contributed by atoms with Crippen LogP contribution in [0.3, 0.4) is 0 Å². The summed E-state index contributed by atoms with van der Waals surface area (Å²) in [7, 11) is 0. The summed E-state index contributed by atoms with van der Waals surface area (Å²) in [6.07, 6.45) is 2.64. The highest BCUT2D eigenvalue weighted by Gasteiger charge is 2.25. The van der Waals surface area contributed by atoms with E-state index in [-0.39, 0.29) is 18.1 Å². The number of hydrogen-bond donors (Lipinski definition) is 1. The van der Waals surface area contributed by atoms with Crippen LogP contribution in [0.15, 0.2) is 30.3 Å². The van der Waals surface area contributed by atoms with Crippen LogP contribution in [0.5, 0.6) is 0 Å². The molecule has 1 atom stereocenters. The first-order valence-electron chi connectivity index (χ1n) is 8.55. The van der Waals surface area contributed by atoms with Gasteiger partial charge in [0.2, 0.25) is 5.91 Å². The van der Waals surface area contributed by atoms with Gasteiger partial charge in [0, 0.05) is 32.1 Å². The average molecular weight is 318 g/mol. The number of hydrogen-bond acceptors (Lipinski definition) is 4. The lowest BCUT2D eigenvalue weighted by atomic mass is 10.1. The molecule has 23 heavy (non-hydrogen) atoms. The number of piperidine rings is 1. The van der Waals surface area contributed by atoms with Gasteiger partial charge in [-0.15, -0.1) is 0 Å². The van der Waals surface area contributed by atoms with Gasteiger partial charge in [-0.2, -0.15) is 0 Å². The molecule has 2 heterocycles. The van der Waals surface area contributed by atoms with E-state index < -0.39 is 0 Å². The summed E-state index contributed by atoms with van der Waals surface area (Å²) < 4.78 is 11.4. The maximum absolute atomic E-state index is 12.3. The number of rotatable bonds is 5. The van der Waals surface area contributed by atoms with Gasteiger partial charge in [-0.25, -0.2) is 0 Å². The van der Waals surface area contributed by atoms with Crippen molar-refractivity contribution in [2.24, 2.45) is 0 Å². The van der Waals surface area contributed by atoms with Gasteiger partial charge in [0.05, 0.1) is 25.9 Å². The van der Waals surface area contributed by atoms with Crippen LogP contribution in [-0.4, -0.2) is 55.8 Å². The maximum Gasteiger partial charge on any atom is 0.224 e. The molecule has 2 saturated heterocycles. The molecule has 0 aliphatic carbocycles. The molecular weight excluding hydrogens is 292 g/mol. The fourth-order valence-corrected chi connectivity index (χ4v) is 3.15. The van der Waals surface area contributed by atoms with E-state index in [0.29, 0.717) is 19.6 Å². The molecule has 0 aromatic heterocycles. The Morgan fingerprint density at radius 1 is 1.26 bits per heavy atom. The number of nitrogens with zero attached hydrogens (tertiary/aromatic N) is 1. The van der Waals surface area contributed by atoms with Crippen LogP contribution in [0.1, 0.15) is 24.8 Å². The minimum atomic E-state index is 0.170. The summed E-state index contributed by atoms with van der Waals surface area (Å²) >= 11 is 0. The first-order chi connectivity index (χ1) is 11.3. The molecule has 126 valence electrons. The van der Waals surface area contributed by atoms with E-state index in [0.717, 1.165) is 39.1 Å². The van der Waals surface area contributed by atoms with Crippen molar-refractivity contribution < 1.29 is 14.3 Å². The Bertz CT molecular complexity index is 480. The third kappa shape index (κ3) is 5.03. The molecule has 2 aliphatic heterocycles. The van der Waals surface area contributed by atoms with Crippen LogP contribution in [0.4, 0.5) is 0 Å².